The molecule has 1 unspecified atom stereocenters. The summed E-state index contributed by atoms with van der Waals surface area (Å²) in [4.78, 5) is 11.4. The van der Waals surface area contributed by atoms with Crippen molar-refractivity contribution in [3.05, 3.63) is 0 Å². The second-order valence-electron chi connectivity index (χ2n) is 5.44. The first-order chi connectivity index (χ1) is 13.3. The molecular formula is C12H16F11NO5Si. The third-order valence-corrected chi connectivity index (χ3v) is 6.36. The van der Waals surface area contributed by atoms with Crippen LogP contribution in [0.5, 0.6) is 0 Å². The molecule has 30 heavy (non-hydrogen) atoms. The van der Waals surface area contributed by atoms with Gasteiger partial charge in [0.25, 0.3) is 5.91 Å². The minimum absolute atomic E-state index is 0.189. The van der Waals surface area contributed by atoms with Crippen molar-refractivity contribution in [2.24, 2.45) is 0 Å². The molecule has 0 fully saturated rings. The van der Waals surface area contributed by atoms with E-state index < -0.39 is 51.5 Å². The highest BCUT2D eigenvalue weighted by atomic mass is 28.4. The first-order valence-electron chi connectivity index (χ1n) is 7.49. The Bertz CT molecular complexity index is 574. The second kappa shape index (κ2) is 9.49. The lowest BCUT2D eigenvalue weighted by molar-refractivity contribution is -0.472. The fourth-order valence-electron chi connectivity index (χ4n) is 1.82. The third-order valence-electron chi connectivity index (χ3n) is 3.53. The number of hydrogen-bond acceptors (Lipinski definition) is 5. The number of amides is 1. The van der Waals surface area contributed by atoms with E-state index >= 15 is 0 Å². The molecule has 1 N–H and O–H groups in total. The van der Waals surface area contributed by atoms with Crippen LogP contribution in [0.15, 0.2) is 0 Å². The largest absolute Gasteiger partial charge is 0.500 e. The molecule has 0 radical (unpaired) electrons. The van der Waals surface area contributed by atoms with E-state index in [9.17, 15) is 53.1 Å². The lowest BCUT2D eigenvalue weighted by Crippen LogP contribution is -2.63. The zero-order valence-electron chi connectivity index (χ0n) is 15.3. The summed E-state index contributed by atoms with van der Waals surface area (Å²) in [5.74, 6) is -16.6. The average molecular weight is 491 g/mol. The van der Waals surface area contributed by atoms with Crippen molar-refractivity contribution in [2.75, 3.05) is 27.9 Å². The van der Waals surface area contributed by atoms with Gasteiger partial charge in [-0.25, -0.2) is 0 Å². The maximum absolute atomic E-state index is 14.0. The number of halogens is 11. The number of alkyl halides is 11. The Hall–Kier alpha value is -1.24. The van der Waals surface area contributed by atoms with Gasteiger partial charge in [0.05, 0.1) is 0 Å². The van der Waals surface area contributed by atoms with Crippen molar-refractivity contribution < 1.29 is 71.1 Å². The van der Waals surface area contributed by atoms with Gasteiger partial charge in [0.1, 0.15) is 0 Å². The Kier molecular flexibility index (Phi) is 9.10. The van der Waals surface area contributed by atoms with E-state index in [0.717, 1.165) is 26.6 Å². The summed E-state index contributed by atoms with van der Waals surface area (Å²) in [5.41, 5.74) is 0. The van der Waals surface area contributed by atoms with Crippen LogP contribution in [0, 0.1) is 0 Å². The fourth-order valence-corrected chi connectivity index (χ4v) is 3.54. The third kappa shape index (κ3) is 5.92. The molecule has 1 atom stereocenters. The maximum atomic E-state index is 14.0. The van der Waals surface area contributed by atoms with E-state index in [-0.39, 0.29) is 12.5 Å². The first-order valence-corrected chi connectivity index (χ1v) is 9.42. The molecule has 0 bridgehead atoms. The van der Waals surface area contributed by atoms with Gasteiger partial charge in [0.2, 0.25) is 0 Å². The molecule has 18 heteroatoms. The molecule has 0 aromatic heterocycles. The summed E-state index contributed by atoms with van der Waals surface area (Å²) in [7, 11) is 0.132. The molecule has 0 saturated heterocycles. The van der Waals surface area contributed by atoms with Gasteiger partial charge in [0.15, 0.2) is 0 Å². The van der Waals surface area contributed by atoms with Crippen molar-refractivity contribution in [2.45, 2.75) is 42.7 Å². The van der Waals surface area contributed by atoms with E-state index in [0.29, 0.717) is 0 Å². The van der Waals surface area contributed by atoms with Gasteiger partial charge in [-0.2, -0.15) is 48.3 Å². The van der Waals surface area contributed by atoms with E-state index in [2.05, 4.69) is 4.74 Å². The molecule has 0 aliphatic carbocycles. The van der Waals surface area contributed by atoms with Crippen LogP contribution in [-0.4, -0.2) is 72.8 Å². The molecule has 0 saturated carbocycles. The summed E-state index contributed by atoms with van der Waals surface area (Å²) in [6.45, 7) is -0.893. The molecular weight excluding hydrogens is 475 g/mol. The predicted octanol–water partition coefficient (Wildman–Crippen LogP) is 3.41. The van der Waals surface area contributed by atoms with Gasteiger partial charge in [0, 0.05) is 33.9 Å². The van der Waals surface area contributed by atoms with Crippen LogP contribution in [-0.2, 0) is 22.8 Å². The van der Waals surface area contributed by atoms with Crippen molar-refractivity contribution >= 4 is 14.7 Å². The monoisotopic (exact) mass is 491 g/mol. The summed E-state index contributed by atoms with van der Waals surface area (Å²) in [6.07, 6.45) is -21.3. The van der Waals surface area contributed by atoms with Crippen LogP contribution in [0.4, 0.5) is 48.3 Å². The highest BCUT2D eigenvalue weighted by molar-refractivity contribution is 6.60. The van der Waals surface area contributed by atoms with Crippen LogP contribution in [0.1, 0.15) is 6.42 Å². The van der Waals surface area contributed by atoms with E-state index in [1.165, 1.54) is 0 Å². The Morgan fingerprint density at radius 2 is 1.23 bits per heavy atom. The topological polar surface area (TPSA) is 66.0 Å². The van der Waals surface area contributed by atoms with Gasteiger partial charge < -0.3 is 18.6 Å². The summed E-state index contributed by atoms with van der Waals surface area (Å²) in [5, 5.41) is 1.12. The Balaban J connectivity index is 5.48. The van der Waals surface area contributed by atoms with E-state index in [1.54, 1.807) is 0 Å². The number of carbonyl (C=O) groups excluding carboxylic acids is 1. The second-order valence-corrected chi connectivity index (χ2v) is 8.53. The number of hydrogen-bond donors (Lipinski definition) is 1. The average Bonchev–Trinajstić information content (AvgIpc) is 2.59. The van der Waals surface area contributed by atoms with Crippen molar-refractivity contribution in [1.29, 1.82) is 0 Å². The Morgan fingerprint density at radius 1 is 0.800 bits per heavy atom. The predicted molar refractivity (Wildman–Crippen MR) is 76.1 cm³/mol. The number of ether oxygens (including phenoxy) is 1. The van der Waals surface area contributed by atoms with Crippen LogP contribution < -0.4 is 5.32 Å². The smallest absolute Gasteiger partial charge is 0.377 e. The lowest BCUT2D eigenvalue weighted by Gasteiger charge is -2.34. The first kappa shape index (κ1) is 28.8. The van der Waals surface area contributed by atoms with E-state index in [1.807, 2.05) is 0 Å². The molecule has 1 amide bonds. The minimum atomic E-state index is -7.25. The zero-order valence-corrected chi connectivity index (χ0v) is 16.3. The standard InChI is InChI=1S/C12H16F11NO5Si/c1-26-30(27-2,28-3)6-4-5-24-7(25)8(13,10(16,17)18)29-12(22,23)9(14,15)11(19,20)21/h4-6H2,1-3H3,(H,24,25). The molecule has 0 spiro atoms. The molecule has 6 nitrogen and oxygen atoms in total. The highest BCUT2D eigenvalue weighted by Crippen LogP contribution is 2.50. The minimum Gasteiger partial charge on any atom is -0.377 e. The quantitative estimate of drug-likeness (QED) is 0.273. The summed E-state index contributed by atoms with van der Waals surface area (Å²) >= 11 is 0. The van der Waals surface area contributed by atoms with Gasteiger partial charge in [-0.05, 0) is 6.42 Å². The Labute approximate surface area is 162 Å². The summed E-state index contributed by atoms with van der Waals surface area (Å²) < 4.78 is 157. The van der Waals surface area contributed by atoms with Gasteiger partial charge in [-0.15, -0.1) is 0 Å². The Morgan fingerprint density at radius 3 is 1.57 bits per heavy atom. The number of rotatable bonds is 11. The molecule has 0 aromatic rings. The number of carbonyl (C=O) groups is 1. The van der Waals surface area contributed by atoms with Gasteiger partial charge in [-0.1, -0.05) is 0 Å². The molecule has 0 rings (SSSR count). The summed E-state index contributed by atoms with van der Waals surface area (Å²) in [6, 6.07) is -0.189. The van der Waals surface area contributed by atoms with E-state index in [4.69, 9.17) is 13.3 Å². The molecule has 0 aliphatic heterocycles. The number of nitrogens with one attached hydrogen (secondary N) is 1. The molecule has 180 valence electrons. The molecule has 0 heterocycles. The van der Waals surface area contributed by atoms with Crippen LogP contribution in [0.3, 0.4) is 0 Å². The zero-order chi connectivity index (χ0) is 24.2. The fraction of sp³-hybridized carbons (Fsp3) is 0.917. The van der Waals surface area contributed by atoms with Crippen LogP contribution in [0.25, 0.3) is 0 Å². The maximum Gasteiger partial charge on any atom is 0.500 e. The van der Waals surface area contributed by atoms with Crippen LogP contribution >= 0.6 is 0 Å². The molecule has 0 aliphatic rings. The molecule has 0 aromatic carbocycles. The van der Waals surface area contributed by atoms with Crippen molar-refractivity contribution in [1.82, 2.24) is 5.32 Å². The van der Waals surface area contributed by atoms with Crippen LogP contribution in [0.2, 0.25) is 6.04 Å². The van der Waals surface area contributed by atoms with Gasteiger partial charge >= 0.3 is 39.0 Å². The van der Waals surface area contributed by atoms with Crippen molar-refractivity contribution in [3.8, 4) is 0 Å². The normalized spacial score (nSPS) is 16.3. The van der Waals surface area contributed by atoms with Crippen molar-refractivity contribution in [3.63, 3.8) is 0 Å². The highest BCUT2D eigenvalue weighted by Gasteiger charge is 2.79. The SMILES string of the molecule is CO[Si](CCCNC(=O)C(F)(OC(F)(F)C(F)(F)C(F)(F)F)C(F)(F)F)(OC)OC. The van der Waals surface area contributed by atoms with Gasteiger partial charge in [-0.3, -0.25) is 9.53 Å². The lowest BCUT2D eigenvalue weighted by atomic mass is 10.2.